The van der Waals surface area contributed by atoms with Crippen molar-refractivity contribution >= 4 is 58.7 Å². The number of fused-ring (bicyclic) bond motifs is 1. The molecule has 1 saturated heterocycles. The van der Waals surface area contributed by atoms with Gasteiger partial charge in [0.1, 0.15) is 36.5 Å². The van der Waals surface area contributed by atoms with Crippen molar-refractivity contribution in [2.45, 2.75) is 31.6 Å². The number of amides is 3. The molecule has 1 aromatic heterocycles. The van der Waals surface area contributed by atoms with E-state index in [2.05, 4.69) is 15.5 Å². The van der Waals surface area contributed by atoms with Crippen LogP contribution in [0.4, 0.5) is 4.79 Å². The van der Waals surface area contributed by atoms with Crippen molar-refractivity contribution in [2.75, 3.05) is 19.5 Å². The van der Waals surface area contributed by atoms with E-state index in [9.17, 15) is 24.0 Å². The zero-order valence-electron chi connectivity index (χ0n) is 18.7. The van der Waals surface area contributed by atoms with Crippen molar-refractivity contribution in [1.29, 1.82) is 0 Å². The Morgan fingerprint density at radius 1 is 1.34 bits per heavy atom. The van der Waals surface area contributed by atoms with Gasteiger partial charge in [-0.15, -0.1) is 23.1 Å². The first-order valence-corrected chi connectivity index (χ1v) is 11.9. The smallest absolute Gasteiger partial charge is 0.404 e. The van der Waals surface area contributed by atoms with Gasteiger partial charge in [0.2, 0.25) is 6.29 Å². The molecule has 0 spiro atoms. The van der Waals surface area contributed by atoms with Crippen molar-refractivity contribution in [3.63, 3.8) is 0 Å². The largest absolute Gasteiger partial charge is 0.445 e. The number of hydrogen-bond donors (Lipinski definition) is 2. The summed E-state index contributed by atoms with van der Waals surface area (Å²) in [6.45, 7) is 2.10. The lowest BCUT2D eigenvalue weighted by molar-refractivity contribution is -0.182. The van der Waals surface area contributed by atoms with Gasteiger partial charge in [0.25, 0.3) is 11.8 Å². The summed E-state index contributed by atoms with van der Waals surface area (Å²) in [6.07, 6.45) is -2.31. The zero-order valence-corrected chi connectivity index (χ0v) is 20.3. The lowest BCUT2D eigenvalue weighted by atomic mass is 10.0. The van der Waals surface area contributed by atoms with Gasteiger partial charge in [0, 0.05) is 30.6 Å². The minimum absolute atomic E-state index is 0.123. The molecule has 3 heterocycles. The minimum Gasteiger partial charge on any atom is -0.445 e. The van der Waals surface area contributed by atoms with Crippen molar-refractivity contribution in [3.8, 4) is 0 Å². The second-order valence-corrected chi connectivity index (χ2v) is 8.82. The van der Waals surface area contributed by atoms with E-state index in [-0.39, 0.29) is 35.0 Å². The van der Waals surface area contributed by atoms with Gasteiger partial charge in [-0.2, -0.15) is 0 Å². The summed E-state index contributed by atoms with van der Waals surface area (Å²) in [5.74, 6) is -2.81. The molecule has 2 unspecified atom stereocenters. The van der Waals surface area contributed by atoms with E-state index in [4.69, 9.17) is 24.8 Å². The van der Waals surface area contributed by atoms with E-state index in [1.165, 1.54) is 42.6 Å². The quantitative estimate of drug-likeness (QED) is 0.141. The van der Waals surface area contributed by atoms with E-state index >= 15 is 0 Å². The van der Waals surface area contributed by atoms with Gasteiger partial charge >= 0.3 is 18.0 Å². The number of hydrogen-bond acceptors (Lipinski definition) is 13. The number of thioether (sulfide) groups is 1. The summed E-state index contributed by atoms with van der Waals surface area (Å²) < 4.78 is 14.7. The summed E-state index contributed by atoms with van der Waals surface area (Å²) in [5, 5.41) is 7.19. The number of nitrogens with zero attached hydrogens (tertiary/aromatic N) is 3. The van der Waals surface area contributed by atoms with E-state index in [1.807, 2.05) is 0 Å². The van der Waals surface area contributed by atoms with Crippen LogP contribution in [0.1, 0.15) is 19.5 Å². The Morgan fingerprint density at radius 2 is 2.09 bits per heavy atom. The van der Waals surface area contributed by atoms with Crippen LogP contribution in [0, 0.1) is 0 Å². The summed E-state index contributed by atoms with van der Waals surface area (Å²) in [4.78, 5) is 70.8. The fourth-order valence-electron chi connectivity index (χ4n) is 3.24. The van der Waals surface area contributed by atoms with Crippen LogP contribution >= 0.6 is 23.1 Å². The van der Waals surface area contributed by atoms with E-state index in [0.717, 1.165) is 11.8 Å². The molecular weight excluding hydrogens is 506 g/mol. The Morgan fingerprint density at radius 3 is 2.69 bits per heavy atom. The highest BCUT2D eigenvalue weighted by atomic mass is 32.2. The maximum atomic E-state index is 13.0. The molecule has 14 nitrogen and oxygen atoms in total. The van der Waals surface area contributed by atoms with E-state index in [0.29, 0.717) is 0 Å². The van der Waals surface area contributed by atoms with Gasteiger partial charge in [-0.3, -0.25) is 19.3 Å². The number of rotatable bonds is 9. The molecule has 16 heteroatoms. The van der Waals surface area contributed by atoms with Crippen LogP contribution in [-0.2, 0) is 38.2 Å². The van der Waals surface area contributed by atoms with Crippen LogP contribution in [0.3, 0.4) is 0 Å². The lowest BCUT2D eigenvalue weighted by Crippen LogP contribution is -2.71. The lowest BCUT2D eigenvalue weighted by Gasteiger charge is -2.49. The summed E-state index contributed by atoms with van der Waals surface area (Å²) in [5.41, 5.74) is 6.75. The molecule has 188 valence electrons. The van der Waals surface area contributed by atoms with Gasteiger partial charge in [0.15, 0.2) is 5.71 Å². The third kappa shape index (κ3) is 5.89. The van der Waals surface area contributed by atoms with Crippen LogP contribution in [0.5, 0.6) is 0 Å². The maximum Gasteiger partial charge on any atom is 0.404 e. The molecule has 3 amide bonds. The topological polar surface area (TPSA) is 189 Å². The first kappa shape index (κ1) is 26.0. The van der Waals surface area contributed by atoms with Gasteiger partial charge in [-0.1, -0.05) is 5.16 Å². The predicted molar refractivity (Wildman–Crippen MR) is 121 cm³/mol. The number of aromatic nitrogens is 1. The van der Waals surface area contributed by atoms with Crippen LogP contribution < -0.4 is 11.1 Å². The number of esters is 2. The molecule has 3 rings (SSSR count). The Bertz CT molecular complexity index is 1090. The van der Waals surface area contributed by atoms with Gasteiger partial charge in [-0.25, -0.2) is 14.6 Å². The first-order chi connectivity index (χ1) is 16.6. The van der Waals surface area contributed by atoms with Gasteiger partial charge < -0.3 is 30.1 Å². The molecule has 0 radical (unpaired) electrons. The van der Waals surface area contributed by atoms with Crippen molar-refractivity contribution in [3.05, 3.63) is 27.9 Å². The van der Waals surface area contributed by atoms with Crippen LogP contribution in [-0.4, -0.2) is 82.6 Å². The number of carbonyl (C=O) groups excluding carboxylic acids is 5. The predicted octanol–water partition coefficient (Wildman–Crippen LogP) is -0.305. The third-order valence-electron chi connectivity index (χ3n) is 4.59. The van der Waals surface area contributed by atoms with Crippen LogP contribution in [0.15, 0.2) is 27.3 Å². The summed E-state index contributed by atoms with van der Waals surface area (Å²) in [6, 6.07) is -1.000. The molecule has 2 aliphatic heterocycles. The number of β-lactam (4-membered cyclic amide) rings is 1. The highest BCUT2D eigenvalue weighted by Gasteiger charge is 2.55. The number of nitrogens with one attached hydrogen (secondary N) is 1. The standard InChI is InChI=1S/C19H21N5O9S2/c1-8(25)32-9(2)33-18(28)14-10(4-31-19(20)29)5-35-17-13(16(27)24(14)17)22-15(26)12(23-30-3)11-6-34-7-21-11/h6-7,9,13,17H,4-5H2,1-3H3,(H2,20,29)(H,22,26)/b23-12-/t9?,13?,17-/m1/s1. The molecule has 3 atom stereocenters. The number of primary amides is 1. The Balaban J connectivity index is 1.80. The molecule has 1 fully saturated rings. The number of ether oxygens (including phenoxy) is 3. The molecule has 0 bridgehead atoms. The zero-order chi connectivity index (χ0) is 25.7. The third-order valence-corrected chi connectivity index (χ3v) is 6.52. The fraction of sp³-hybridized carbons (Fsp3) is 0.421. The number of nitrogens with two attached hydrogens (primary N) is 1. The molecule has 3 N–H and O–H groups in total. The Labute approximate surface area is 206 Å². The Hall–Kier alpha value is -3.66. The molecule has 0 aliphatic carbocycles. The van der Waals surface area contributed by atoms with Gasteiger partial charge in [0.05, 0.1) is 5.51 Å². The fourth-order valence-corrected chi connectivity index (χ4v) is 5.10. The van der Waals surface area contributed by atoms with Crippen LogP contribution in [0.25, 0.3) is 0 Å². The second kappa shape index (κ2) is 11.2. The second-order valence-electron chi connectivity index (χ2n) is 7.00. The number of thiazole rings is 1. The summed E-state index contributed by atoms with van der Waals surface area (Å²) >= 11 is 2.47. The first-order valence-electron chi connectivity index (χ1n) is 9.91. The average molecular weight is 528 g/mol. The molecule has 0 aromatic carbocycles. The van der Waals surface area contributed by atoms with Crippen molar-refractivity contribution in [1.82, 2.24) is 15.2 Å². The highest BCUT2D eigenvalue weighted by Crippen LogP contribution is 2.41. The number of oxime groups is 1. The average Bonchev–Trinajstić information content (AvgIpc) is 3.32. The molecule has 1 aromatic rings. The maximum absolute atomic E-state index is 13.0. The minimum atomic E-state index is -1.24. The molecule has 35 heavy (non-hydrogen) atoms. The molecule has 2 aliphatic rings. The van der Waals surface area contributed by atoms with E-state index < -0.39 is 47.6 Å². The monoisotopic (exact) mass is 527 g/mol. The van der Waals surface area contributed by atoms with Gasteiger partial charge in [-0.05, 0) is 0 Å². The van der Waals surface area contributed by atoms with E-state index in [1.54, 1.807) is 5.38 Å². The van der Waals surface area contributed by atoms with Crippen molar-refractivity contribution in [2.24, 2.45) is 10.9 Å². The number of carbonyl (C=O) groups is 5. The Kier molecular flexibility index (Phi) is 8.29. The molecule has 0 saturated carbocycles. The SMILES string of the molecule is CO/N=C(\C(=O)NC1C(=O)N2C(C(=O)OC(C)OC(C)=O)=C(COC(N)=O)CS[C@H]12)c1cscn1. The van der Waals surface area contributed by atoms with Crippen LogP contribution in [0.2, 0.25) is 0 Å². The normalized spacial score (nSPS) is 20.3. The van der Waals surface area contributed by atoms with Crippen molar-refractivity contribution < 1.29 is 43.0 Å². The summed E-state index contributed by atoms with van der Waals surface area (Å²) in [7, 11) is 1.27. The highest BCUT2D eigenvalue weighted by molar-refractivity contribution is 8.00. The molecular formula is C19H21N5O9S2.